The quantitative estimate of drug-likeness (QED) is 0.548. The molecular formula is C11H21NO4. The summed E-state index contributed by atoms with van der Waals surface area (Å²) in [5.74, 6) is 0. The van der Waals surface area contributed by atoms with Gasteiger partial charge < -0.3 is 19.9 Å². The molecule has 1 saturated heterocycles. The van der Waals surface area contributed by atoms with Crippen LogP contribution < -0.4 is 5.32 Å². The summed E-state index contributed by atoms with van der Waals surface area (Å²) in [5.41, 5.74) is -0.786. The molecule has 1 heterocycles. The summed E-state index contributed by atoms with van der Waals surface area (Å²) < 4.78 is 10.2. The van der Waals surface area contributed by atoms with Crippen LogP contribution >= 0.6 is 0 Å². The van der Waals surface area contributed by atoms with Gasteiger partial charge in [-0.2, -0.15) is 0 Å². The van der Waals surface area contributed by atoms with E-state index in [1.54, 1.807) is 0 Å². The Labute approximate surface area is 96.1 Å². The van der Waals surface area contributed by atoms with E-state index in [0.29, 0.717) is 13.2 Å². The molecule has 0 aromatic rings. The van der Waals surface area contributed by atoms with Gasteiger partial charge in [-0.25, -0.2) is 4.79 Å². The molecule has 0 aromatic heterocycles. The summed E-state index contributed by atoms with van der Waals surface area (Å²) in [7, 11) is 0. The molecule has 0 saturated carbocycles. The molecule has 1 atom stereocenters. The van der Waals surface area contributed by atoms with E-state index < -0.39 is 11.7 Å². The highest BCUT2D eigenvalue weighted by molar-refractivity contribution is 5.67. The van der Waals surface area contributed by atoms with Crippen molar-refractivity contribution in [1.29, 1.82) is 0 Å². The van der Waals surface area contributed by atoms with E-state index >= 15 is 0 Å². The zero-order valence-electron chi connectivity index (χ0n) is 10.2. The van der Waals surface area contributed by atoms with Gasteiger partial charge in [-0.3, -0.25) is 0 Å². The van der Waals surface area contributed by atoms with Gasteiger partial charge in [0.05, 0.1) is 13.2 Å². The molecule has 1 aliphatic heterocycles. The highest BCUT2D eigenvalue weighted by Gasteiger charge is 2.43. The number of hydrogen-bond acceptors (Lipinski definition) is 4. The maximum absolute atomic E-state index is 11.3. The zero-order chi connectivity index (χ0) is 12.2. The monoisotopic (exact) mass is 231 g/mol. The molecular weight excluding hydrogens is 210 g/mol. The van der Waals surface area contributed by atoms with Crippen LogP contribution in [-0.4, -0.2) is 42.2 Å². The second kappa shape index (κ2) is 5.01. The lowest BCUT2D eigenvalue weighted by Gasteiger charge is -2.19. The summed E-state index contributed by atoms with van der Waals surface area (Å²) in [4.78, 5) is 11.3. The second-order valence-electron chi connectivity index (χ2n) is 5.16. The Morgan fingerprint density at radius 3 is 2.62 bits per heavy atom. The molecule has 1 aliphatic rings. The van der Waals surface area contributed by atoms with Crippen molar-refractivity contribution < 1.29 is 19.4 Å². The maximum atomic E-state index is 11.3. The minimum atomic E-state index is -0.462. The molecule has 5 nitrogen and oxygen atoms in total. The number of nitrogens with one attached hydrogen (secondary N) is 1. The maximum Gasteiger partial charge on any atom is 0.407 e. The largest absolute Gasteiger partial charge is 0.444 e. The minimum Gasteiger partial charge on any atom is -0.444 e. The molecule has 2 N–H and O–H groups in total. The number of amides is 1. The summed E-state index contributed by atoms with van der Waals surface area (Å²) in [6, 6.07) is 0. The highest BCUT2D eigenvalue weighted by atomic mass is 16.6. The third-order valence-electron chi connectivity index (χ3n) is 2.32. The van der Waals surface area contributed by atoms with E-state index in [0.717, 1.165) is 12.8 Å². The van der Waals surface area contributed by atoms with Gasteiger partial charge in [0.25, 0.3) is 0 Å². The van der Waals surface area contributed by atoms with E-state index in [-0.39, 0.29) is 12.2 Å². The molecule has 0 aromatic carbocycles. The van der Waals surface area contributed by atoms with Gasteiger partial charge in [0.2, 0.25) is 0 Å². The number of hydrogen-bond donors (Lipinski definition) is 2. The third-order valence-corrected chi connectivity index (χ3v) is 2.32. The molecule has 16 heavy (non-hydrogen) atoms. The third kappa shape index (κ3) is 4.81. The Morgan fingerprint density at radius 2 is 2.19 bits per heavy atom. The summed E-state index contributed by atoms with van der Waals surface area (Å²) in [6.07, 6.45) is 1.14. The van der Waals surface area contributed by atoms with Crippen molar-refractivity contribution >= 4 is 6.09 Å². The van der Waals surface area contributed by atoms with Crippen molar-refractivity contribution in [1.82, 2.24) is 5.32 Å². The Hall–Kier alpha value is -0.810. The molecule has 0 spiro atoms. The lowest BCUT2D eigenvalue weighted by atomic mass is 10.1. The van der Waals surface area contributed by atoms with Crippen LogP contribution in [0.1, 0.15) is 33.6 Å². The van der Waals surface area contributed by atoms with Crippen molar-refractivity contribution in [3.63, 3.8) is 0 Å². The first-order valence-electron chi connectivity index (χ1n) is 5.59. The van der Waals surface area contributed by atoms with E-state index in [9.17, 15) is 4.79 Å². The summed E-state index contributed by atoms with van der Waals surface area (Å²) >= 11 is 0. The average molecular weight is 231 g/mol. The molecule has 0 aliphatic carbocycles. The normalized spacial score (nSPS) is 24.0. The van der Waals surface area contributed by atoms with Crippen molar-refractivity contribution in [3.05, 3.63) is 0 Å². The number of aliphatic hydroxyl groups excluding tert-OH is 1. The van der Waals surface area contributed by atoms with Gasteiger partial charge in [-0.1, -0.05) is 0 Å². The molecule has 1 fully saturated rings. The van der Waals surface area contributed by atoms with E-state index in [1.165, 1.54) is 0 Å². The molecule has 5 heteroatoms. The fourth-order valence-corrected chi connectivity index (χ4v) is 1.33. The first-order chi connectivity index (χ1) is 7.37. The summed E-state index contributed by atoms with van der Waals surface area (Å²) in [5, 5.41) is 11.6. The average Bonchev–Trinajstić information content (AvgIpc) is 2.90. The van der Waals surface area contributed by atoms with E-state index in [4.69, 9.17) is 14.6 Å². The smallest absolute Gasteiger partial charge is 0.407 e. The predicted molar refractivity (Wildman–Crippen MR) is 59.2 cm³/mol. The van der Waals surface area contributed by atoms with Crippen LogP contribution in [0, 0.1) is 0 Å². The van der Waals surface area contributed by atoms with Crippen LogP contribution in [-0.2, 0) is 9.47 Å². The van der Waals surface area contributed by atoms with Gasteiger partial charge in [-0.15, -0.1) is 0 Å². The van der Waals surface area contributed by atoms with Gasteiger partial charge >= 0.3 is 6.09 Å². The Morgan fingerprint density at radius 1 is 1.56 bits per heavy atom. The molecule has 1 unspecified atom stereocenters. The fourth-order valence-electron chi connectivity index (χ4n) is 1.33. The van der Waals surface area contributed by atoms with Gasteiger partial charge in [-0.05, 0) is 33.6 Å². The fraction of sp³-hybridized carbons (Fsp3) is 0.909. The number of ether oxygens (including phenoxy) is 2. The standard InChI is InChI=1S/C11H21NO4/c1-10(2,3)16-9(14)12-6-4-5-11(7-13)8-15-11/h13H,4-8H2,1-3H3,(H,12,14). The number of carbonyl (C=O) groups excluding carboxylic acids is 1. The van der Waals surface area contributed by atoms with Gasteiger partial charge in [0.15, 0.2) is 0 Å². The van der Waals surface area contributed by atoms with Crippen LogP contribution in [0.15, 0.2) is 0 Å². The molecule has 94 valence electrons. The molecule has 1 amide bonds. The number of carbonyl (C=O) groups is 1. The first-order valence-corrected chi connectivity index (χ1v) is 5.59. The highest BCUT2D eigenvalue weighted by Crippen LogP contribution is 2.30. The van der Waals surface area contributed by atoms with Crippen LogP contribution in [0.4, 0.5) is 4.79 Å². The topological polar surface area (TPSA) is 71.1 Å². The zero-order valence-corrected chi connectivity index (χ0v) is 10.2. The predicted octanol–water partition coefficient (Wildman–Crippen LogP) is 1.05. The number of rotatable bonds is 5. The van der Waals surface area contributed by atoms with Crippen LogP contribution in [0.3, 0.4) is 0 Å². The van der Waals surface area contributed by atoms with Crippen molar-refractivity contribution in [2.24, 2.45) is 0 Å². The van der Waals surface area contributed by atoms with Crippen molar-refractivity contribution in [3.8, 4) is 0 Å². The van der Waals surface area contributed by atoms with Gasteiger partial charge in [0.1, 0.15) is 11.2 Å². The lowest BCUT2D eigenvalue weighted by molar-refractivity contribution is 0.0525. The molecule has 0 bridgehead atoms. The first kappa shape index (κ1) is 13.3. The van der Waals surface area contributed by atoms with Gasteiger partial charge in [0, 0.05) is 6.54 Å². The van der Waals surface area contributed by atoms with E-state index in [1.807, 2.05) is 20.8 Å². The Kier molecular flexibility index (Phi) is 4.15. The van der Waals surface area contributed by atoms with E-state index in [2.05, 4.69) is 5.32 Å². The molecule has 1 rings (SSSR count). The van der Waals surface area contributed by atoms with Crippen LogP contribution in [0.5, 0.6) is 0 Å². The Bertz CT molecular complexity index is 243. The number of aliphatic hydroxyl groups is 1. The Balaban J connectivity index is 2.05. The molecule has 0 radical (unpaired) electrons. The minimum absolute atomic E-state index is 0.0550. The lowest BCUT2D eigenvalue weighted by Crippen LogP contribution is -2.33. The SMILES string of the molecule is CC(C)(C)OC(=O)NCCCC1(CO)CO1. The number of epoxide rings is 1. The summed E-state index contributed by atoms with van der Waals surface area (Å²) in [6.45, 7) is 6.69. The van der Waals surface area contributed by atoms with Crippen LogP contribution in [0.25, 0.3) is 0 Å². The van der Waals surface area contributed by atoms with Crippen LogP contribution in [0.2, 0.25) is 0 Å². The second-order valence-corrected chi connectivity index (χ2v) is 5.16. The number of alkyl carbamates (subject to hydrolysis) is 1. The van der Waals surface area contributed by atoms with Crippen molar-refractivity contribution in [2.75, 3.05) is 19.8 Å². The van der Waals surface area contributed by atoms with Crippen molar-refractivity contribution in [2.45, 2.75) is 44.8 Å².